The minimum absolute atomic E-state index is 0.183. The molecule has 14 nitrogen and oxygen atoms in total. The minimum atomic E-state index is -0.855. The van der Waals surface area contributed by atoms with Crippen molar-refractivity contribution in [2.45, 2.75) is 39.8 Å². The van der Waals surface area contributed by atoms with Crippen molar-refractivity contribution in [2.75, 3.05) is 26.3 Å². The number of hydrogen-bond donors (Lipinski definition) is 0. The molecule has 2 saturated heterocycles. The fourth-order valence-corrected chi connectivity index (χ4v) is 3.86. The van der Waals surface area contributed by atoms with Crippen LogP contribution in [-0.2, 0) is 51.3 Å². The van der Waals surface area contributed by atoms with Crippen molar-refractivity contribution in [3.63, 3.8) is 0 Å². The molecule has 0 aliphatic carbocycles. The second kappa shape index (κ2) is 12.1. The average molecular weight is 530 g/mol. The number of ether oxygens (including phenoxy) is 2. The van der Waals surface area contributed by atoms with E-state index < -0.39 is 60.5 Å². The predicted molar refractivity (Wildman–Crippen MR) is 124 cm³/mol. The molecule has 0 bridgehead atoms. The third kappa shape index (κ3) is 6.78. The van der Waals surface area contributed by atoms with Crippen molar-refractivity contribution < 1.29 is 47.8 Å². The van der Waals surface area contributed by atoms with Crippen LogP contribution in [0, 0.1) is 0 Å². The number of carbonyl (C=O) groups is 8. The number of carbonyl (C=O) groups excluding carboxylic acids is 8. The van der Waals surface area contributed by atoms with Gasteiger partial charge in [0, 0.05) is 13.8 Å². The smallest absolute Gasteiger partial charge is 0.333 e. The van der Waals surface area contributed by atoms with Crippen molar-refractivity contribution >= 4 is 47.6 Å². The van der Waals surface area contributed by atoms with E-state index >= 15 is 0 Å². The third-order valence-corrected chi connectivity index (χ3v) is 5.65. The molecule has 0 radical (unpaired) electrons. The summed E-state index contributed by atoms with van der Waals surface area (Å²) < 4.78 is 9.56. The SMILES string of the molecule is CC(=O)OCCN1C(=O)CC(=O)N(Cc2cccc(CN3C(=O)CC(=O)N(CCOC(C)=O)C3=O)c2)C1=O. The molecule has 14 heteroatoms. The quantitative estimate of drug-likeness (QED) is 0.300. The van der Waals surface area contributed by atoms with Crippen LogP contribution in [0.3, 0.4) is 0 Å². The molecule has 2 heterocycles. The molecule has 0 N–H and O–H groups in total. The molecule has 8 amide bonds. The van der Waals surface area contributed by atoms with Gasteiger partial charge in [-0.15, -0.1) is 0 Å². The van der Waals surface area contributed by atoms with Crippen molar-refractivity contribution in [1.82, 2.24) is 19.6 Å². The van der Waals surface area contributed by atoms with Gasteiger partial charge in [-0.05, 0) is 11.1 Å². The lowest BCUT2D eigenvalue weighted by atomic mass is 10.1. The first kappa shape index (κ1) is 28.0. The second-order valence-electron chi connectivity index (χ2n) is 8.47. The summed E-state index contributed by atoms with van der Waals surface area (Å²) in [5, 5.41) is 0. The Hall–Kier alpha value is -4.62. The summed E-state index contributed by atoms with van der Waals surface area (Å²) in [6.07, 6.45) is -1.06. The van der Waals surface area contributed by atoms with Gasteiger partial charge < -0.3 is 9.47 Å². The number of amides is 8. The Bertz CT molecular complexity index is 1110. The molecule has 1 aromatic carbocycles. The van der Waals surface area contributed by atoms with Crippen LogP contribution >= 0.6 is 0 Å². The molecule has 2 aliphatic heterocycles. The lowest BCUT2D eigenvalue weighted by Gasteiger charge is -2.33. The highest BCUT2D eigenvalue weighted by molar-refractivity contribution is 6.14. The molecule has 0 aromatic heterocycles. The molecular weight excluding hydrogens is 504 g/mol. The molecule has 0 saturated carbocycles. The van der Waals surface area contributed by atoms with E-state index in [2.05, 4.69) is 0 Å². The van der Waals surface area contributed by atoms with Gasteiger partial charge in [-0.1, -0.05) is 24.3 Å². The van der Waals surface area contributed by atoms with Crippen LogP contribution < -0.4 is 0 Å². The summed E-state index contributed by atoms with van der Waals surface area (Å²) in [7, 11) is 0. The lowest BCUT2D eigenvalue weighted by Crippen LogP contribution is -2.55. The largest absolute Gasteiger partial charge is 0.464 e. The van der Waals surface area contributed by atoms with E-state index in [0.717, 1.165) is 19.6 Å². The summed E-state index contributed by atoms with van der Waals surface area (Å²) in [5.41, 5.74) is 0.969. The van der Waals surface area contributed by atoms with Crippen LogP contribution in [0.1, 0.15) is 37.8 Å². The molecule has 38 heavy (non-hydrogen) atoms. The Morgan fingerprint density at radius 1 is 0.658 bits per heavy atom. The van der Waals surface area contributed by atoms with Crippen molar-refractivity contribution in [1.29, 1.82) is 0 Å². The number of rotatable bonds is 10. The monoisotopic (exact) mass is 530 g/mol. The van der Waals surface area contributed by atoms with E-state index in [4.69, 9.17) is 9.47 Å². The molecule has 0 unspecified atom stereocenters. The highest BCUT2D eigenvalue weighted by Crippen LogP contribution is 2.20. The molecule has 2 aliphatic rings. The first-order chi connectivity index (χ1) is 18.0. The number of barbiturate groups is 2. The number of esters is 2. The second-order valence-corrected chi connectivity index (χ2v) is 8.47. The molecule has 3 rings (SSSR count). The van der Waals surface area contributed by atoms with E-state index in [0.29, 0.717) is 11.1 Å². The van der Waals surface area contributed by atoms with Crippen LogP contribution in [0.25, 0.3) is 0 Å². The maximum absolute atomic E-state index is 12.8. The van der Waals surface area contributed by atoms with Crippen molar-refractivity contribution in [3.05, 3.63) is 35.4 Å². The molecule has 0 atom stereocenters. The minimum Gasteiger partial charge on any atom is -0.464 e. The van der Waals surface area contributed by atoms with Crippen LogP contribution in [0.4, 0.5) is 9.59 Å². The average Bonchev–Trinajstić information content (AvgIpc) is 2.83. The van der Waals surface area contributed by atoms with Gasteiger partial charge in [-0.25, -0.2) is 9.59 Å². The van der Waals surface area contributed by atoms with Crippen molar-refractivity contribution in [3.8, 4) is 0 Å². The van der Waals surface area contributed by atoms with Gasteiger partial charge in [0.15, 0.2) is 0 Å². The normalized spacial score (nSPS) is 16.4. The Morgan fingerprint density at radius 2 is 1.03 bits per heavy atom. The van der Waals surface area contributed by atoms with Crippen LogP contribution in [0.2, 0.25) is 0 Å². The maximum Gasteiger partial charge on any atom is 0.333 e. The Balaban J connectivity index is 1.69. The van der Waals surface area contributed by atoms with Gasteiger partial charge in [0.25, 0.3) is 0 Å². The van der Waals surface area contributed by atoms with Gasteiger partial charge >= 0.3 is 24.0 Å². The van der Waals surface area contributed by atoms with Crippen LogP contribution in [0.15, 0.2) is 24.3 Å². The maximum atomic E-state index is 12.8. The first-order valence-electron chi connectivity index (χ1n) is 11.6. The van der Waals surface area contributed by atoms with Gasteiger partial charge in [-0.2, -0.15) is 0 Å². The lowest BCUT2D eigenvalue weighted by molar-refractivity contribution is -0.147. The number of urea groups is 2. The van der Waals surface area contributed by atoms with Gasteiger partial charge in [0.05, 0.1) is 26.2 Å². The van der Waals surface area contributed by atoms with E-state index in [1.807, 2.05) is 0 Å². The molecular formula is C24H26N4O10. The van der Waals surface area contributed by atoms with Crippen LogP contribution in [-0.4, -0.2) is 93.5 Å². The highest BCUT2D eigenvalue weighted by atomic mass is 16.5. The van der Waals surface area contributed by atoms with Crippen LogP contribution in [0.5, 0.6) is 0 Å². The van der Waals surface area contributed by atoms with E-state index in [-0.39, 0.29) is 39.4 Å². The number of hydrogen-bond acceptors (Lipinski definition) is 10. The van der Waals surface area contributed by atoms with Gasteiger partial charge in [-0.3, -0.25) is 48.4 Å². The first-order valence-corrected chi connectivity index (χ1v) is 11.6. The fourth-order valence-electron chi connectivity index (χ4n) is 3.86. The van der Waals surface area contributed by atoms with E-state index in [9.17, 15) is 38.4 Å². The fraction of sp³-hybridized carbons (Fsp3) is 0.417. The van der Waals surface area contributed by atoms with Crippen molar-refractivity contribution in [2.24, 2.45) is 0 Å². The Kier molecular flexibility index (Phi) is 8.89. The molecule has 1 aromatic rings. The van der Waals surface area contributed by atoms with Gasteiger partial charge in [0.2, 0.25) is 23.6 Å². The number of imide groups is 4. The third-order valence-electron chi connectivity index (χ3n) is 5.65. The number of nitrogens with zero attached hydrogens (tertiary/aromatic N) is 4. The Labute approximate surface area is 217 Å². The summed E-state index contributed by atoms with van der Waals surface area (Å²) in [5.74, 6) is -3.95. The standard InChI is InChI=1S/C24H26N4O10/c1-15(29)37-8-6-25-19(31)11-21(33)27(23(25)35)13-17-4-3-5-18(10-17)14-28-22(34)12-20(32)26(24(28)36)7-9-38-16(2)30/h3-5,10H,6-9,11-14H2,1-2H3. The molecule has 2 fully saturated rings. The summed E-state index contributed by atoms with van der Waals surface area (Å²) in [6, 6.07) is 4.73. The highest BCUT2D eigenvalue weighted by Gasteiger charge is 2.39. The predicted octanol–water partition coefficient (Wildman–Crippen LogP) is 0.175. The van der Waals surface area contributed by atoms with E-state index in [1.54, 1.807) is 24.3 Å². The zero-order valence-electron chi connectivity index (χ0n) is 20.8. The molecule has 0 spiro atoms. The summed E-state index contributed by atoms with van der Waals surface area (Å²) in [4.78, 5) is 100. The molecule has 202 valence electrons. The Morgan fingerprint density at radius 3 is 1.39 bits per heavy atom. The summed E-state index contributed by atoms with van der Waals surface area (Å²) in [6.45, 7) is 1.19. The topological polar surface area (TPSA) is 168 Å². The zero-order chi connectivity index (χ0) is 28.0. The summed E-state index contributed by atoms with van der Waals surface area (Å²) >= 11 is 0. The zero-order valence-corrected chi connectivity index (χ0v) is 20.8. The number of benzene rings is 1. The van der Waals surface area contributed by atoms with E-state index in [1.165, 1.54) is 13.8 Å². The van der Waals surface area contributed by atoms with Gasteiger partial charge in [0.1, 0.15) is 26.1 Å².